The van der Waals surface area contributed by atoms with Gasteiger partial charge in [0.1, 0.15) is 18.0 Å². The summed E-state index contributed by atoms with van der Waals surface area (Å²) >= 11 is 0. The molecule has 0 saturated heterocycles. The van der Waals surface area contributed by atoms with Crippen LogP contribution >= 0.6 is 0 Å². The maximum Gasteiger partial charge on any atom is 0.145 e. The van der Waals surface area contributed by atoms with E-state index >= 15 is 0 Å². The second-order valence-corrected chi connectivity index (χ2v) is 3.96. The highest BCUT2D eigenvalue weighted by molar-refractivity contribution is 5.45. The van der Waals surface area contributed by atoms with E-state index in [0.29, 0.717) is 5.82 Å². The Morgan fingerprint density at radius 3 is 2.39 bits per heavy atom. The minimum Gasteiger partial charge on any atom is -0.366 e. The Kier molecular flexibility index (Phi) is 4.09. The zero-order chi connectivity index (χ0) is 12.8. The molecule has 0 radical (unpaired) electrons. The second kappa shape index (κ2) is 5.97. The second-order valence-electron chi connectivity index (χ2n) is 3.96. The Labute approximate surface area is 106 Å². The smallest absolute Gasteiger partial charge is 0.145 e. The third-order valence-corrected chi connectivity index (χ3v) is 2.72. The third-order valence-electron chi connectivity index (χ3n) is 2.72. The average molecular weight is 243 g/mol. The number of nitrogens with one attached hydrogen (secondary N) is 2. The lowest BCUT2D eigenvalue weighted by Gasteiger charge is -2.07. The molecule has 0 aliphatic rings. The highest BCUT2D eigenvalue weighted by Gasteiger charge is 1.98. The molecule has 5 heteroatoms. The van der Waals surface area contributed by atoms with Gasteiger partial charge >= 0.3 is 0 Å². The normalized spacial score (nSPS) is 10.1. The van der Waals surface area contributed by atoms with Crippen molar-refractivity contribution in [2.75, 3.05) is 10.7 Å². The highest BCUT2D eigenvalue weighted by atomic mass is 15.3. The van der Waals surface area contributed by atoms with Crippen LogP contribution in [0.1, 0.15) is 18.1 Å². The Morgan fingerprint density at radius 2 is 1.72 bits per heavy atom. The van der Waals surface area contributed by atoms with E-state index in [4.69, 9.17) is 5.84 Å². The molecule has 94 valence electrons. The minimum absolute atomic E-state index is 0.592. The van der Waals surface area contributed by atoms with E-state index in [2.05, 4.69) is 51.9 Å². The Morgan fingerprint density at radius 1 is 1.06 bits per heavy atom. The lowest BCUT2D eigenvalue weighted by molar-refractivity contribution is 1.07. The zero-order valence-electron chi connectivity index (χ0n) is 10.4. The molecular formula is C13H17N5. The fourth-order valence-corrected chi connectivity index (χ4v) is 1.62. The summed E-state index contributed by atoms with van der Waals surface area (Å²) in [6.07, 6.45) is 2.53. The van der Waals surface area contributed by atoms with Gasteiger partial charge in [-0.25, -0.2) is 15.8 Å². The van der Waals surface area contributed by atoms with Gasteiger partial charge in [-0.1, -0.05) is 31.2 Å². The van der Waals surface area contributed by atoms with Crippen molar-refractivity contribution in [2.45, 2.75) is 19.9 Å². The fourth-order valence-electron chi connectivity index (χ4n) is 1.62. The van der Waals surface area contributed by atoms with Gasteiger partial charge in [-0.3, -0.25) is 0 Å². The molecule has 1 aromatic carbocycles. The van der Waals surface area contributed by atoms with E-state index in [-0.39, 0.29) is 0 Å². The van der Waals surface area contributed by atoms with Crippen LogP contribution in [-0.2, 0) is 13.0 Å². The molecule has 1 heterocycles. The van der Waals surface area contributed by atoms with E-state index in [9.17, 15) is 0 Å². The first kappa shape index (κ1) is 12.3. The molecule has 18 heavy (non-hydrogen) atoms. The number of hydrazine groups is 1. The van der Waals surface area contributed by atoms with Crippen LogP contribution in [0, 0.1) is 0 Å². The number of hydrogen-bond acceptors (Lipinski definition) is 5. The molecule has 5 nitrogen and oxygen atoms in total. The first-order valence-electron chi connectivity index (χ1n) is 5.92. The summed E-state index contributed by atoms with van der Waals surface area (Å²) in [6.45, 7) is 2.88. The van der Waals surface area contributed by atoms with E-state index in [1.165, 1.54) is 17.5 Å². The van der Waals surface area contributed by atoms with Gasteiger partial charge in [0.05, 0.1) is 0 Å². The van der Waals surface area contributed by atoms with Crippen LogP contribution in [0.2, 0.25) is 0 Å². The van der Waals surface area contributed by atoms with Crippen LogP contribution in [-0.4, -0.2) is 9.97 Å². The number of nitrogens with zero attached hydrogens (tertiary/aromatic N) is 2. The molecule has 0 aliphatic heterocycles. The van der Waals surface area contributed by atoms with Crippen LogP contribution in [0.3, 0.4) is 0 Å². The van der Waals surface area contributed by atoms with Crippen molar-refractivity contribution < 1.29 is 0 Å². The van der Waals surface area contributed by atoms with Gasteiger partial charge in [0.15, 0.2) is 0 Å². The number of nitrogen functional groups attached to an aromatic ring is 1. The van der Waals surface area contributed by atoms with Crippen LogP contribution in [0.15, 0.2) is 36.7 Å². The van der Waals surface area contributed by atoms with Crippen LogP contribution in [0.25, 0.3) is 0 Å². The molecule has 1 aromatic heterocycles. The molecule has 2 rings (SSSR count). The van der Waals surface area contributed by atoms with Crippen molar-refractivity contribution in [2.24, 2.45) is 5.84 Å². The molecule has 0 bridgehead atoms. The molecule has 0 amide bonds. The van der Waals surface area contributed by atoms with E-state index in [1.807, 2.05) is 0 Å². The third kappa shape index (κ3) is 3.18. The Balaban J connectivity index is 1.97. The number of aromatic nitrogens is 2. The molecule has 0 atom stereocenters. The van der Waals surface area contributed by atoms with Crippen molar-refractivity contribution in [1.82, 2.24) is 9.97 Å². The van der Waals surface area contributed by atoms with Gasteiger partial charge in [-0.2, -0.15) is 0 Å². The molecule has 0 spiro atoms. The predicted molar refractivity (Wildman–Crippen MR) is 73.0 cm³/mol. The maximum absolute atomic E-state index is 5.29. The number of anilines is 2. The quantitative estimate of drug-likeness (QED) is 0.552. The monoisotopic (exact) mass is 243 g/mol. The van der Waals surface area contributed by atoms with Gasteiger partial charge in [0.25, 0.3) is 0 Å². The highest BCUT2D eigenvalue weighted by Crippen LogP contribution is 2.10. The summed E-state index contributed by atoms with van der Waals surface area (Å²) in [4.78, 5) is 8.07. The van der Waals surface area contributed by atoms with Crippen molar-refractivity contribution in [3.63, 3.8) is 0 Å². The summed E-state index contributed by atoms with van der Waals surface area (Å²) in [6, 6.07) is 10.3. The van der Waals surface area contributed by atoms with Gasteiger partial charge in [0.2, 0.25) is 0 Å². The topological polar surface area (TPSA) is 75.9 Å². The van der Waals surface area contributed by atoms with Crippen molar-refractivity contribution in [3.05, 3.63) is 47.8 Å². The van der Waals surface area contributed by atoms with Gasteiger partial charge in [-0.15, -0.1) is 0 Å². The molecule has 0 fully saturated rings. The van der Waals surface area contributed by atoms with Gasteiger partial charge in [0, 0.05) is 12.6 Å². The Hall–Kier alpha value is -2.14. The zero-order valence-corrected chi connectivity index (χ0v) is 10.4. The molecule has 2 aromatic rings. The summed E-state index contributed by atoms with van der Waals surface area (Å²) in [5.74, 6) is 6.63. The number of aryl methyl sites for hydroxylation is 1. The maximum atomic E-state index is 5.29. The van der Waals surface area contributed by atoms with Crippen molar-refractivity contribution >= 4 is 11.6 Å². The minimum atomic E-state index is 0.592. The summed E-state index contributed by atoms with van der Waals surface area (Å²) in [5, 5.41) is 3.23. The van der Waals surface area contributed by atoms with Crippen LogP contribution in [0.5, 0.6) is 0 Å². The largest absolute Gasteiger partial charge is 0.366 e. The lowest BCUT2D eigenvalue weighted by Crippen LogP contribution is -2.09. The number of nitrogens with two attached hydrogens (primary N) is 1. The number of hydrogen-bond donors (Lipinski definition) is 3. The van der Waals surface area contributed by atoms with E-state index in [0.717, 1.165) is 18.8 Å². The number of rotatable bonds is 5. The first-order valence-corrected chi connectivity index (χ1v) is 5.92. The summed E-state index contributed by atoms with van der Waals surface area (Å²) in [7, 11) is 0. The summed E-state index contributed by atoms with van der Waals surface area (Å²) in [5.41, 5.74) is 5.05. The summed E-state index contributed by atoms with van der Waals surface area (Å²) < 4.78 is 0. The van der Waals surface area contributed by atoms with Crippen LogP contribution < -0.4 is 16.6 Å². The van der Waals surface area contributed by atoms with Crippen molar-refractivity contribution in [3.8, 4) is 0 Å². The standard InChI is InChI=1S/C13H17N5/c1-2-10-3-5-11(6-4-10)8-15-12-7-13(18-14)17-9-16-12/h3-7,9H,2,8,14H2,1H3,(H2,15,16,17,18). The van der Waals surface area contributed by atoms with Gasteiger partial charge in [-0.05, 0) is 17.5 Å². The first-order chi connectivity index (χ1) is 8.81. The average Bonchev–Trinajstić information content (AvgIpc) is 2.46. The molecule has 4 N–H and O–H groups in total. The fraction of sp³-hybridized carbons (Fsp3) is 0.231. The molecule has 0 aliphatic carbocycles. The molecular weight excluding hydrogens is 226 g/mol. The predicted octanol–water partition coefficient (Wildman–Crippen LogP) is 1.94. The molecule has 0 saturated carbocycles. The lowest BCUT2D eigenvalue weighted by atomic mass is 10.1. The van der Waals surface area contributed by atoms with Crippen LogP contribution in [0.4, 0.5) is 11.6 Å². The van der Waals surface area contributed by atoms with Crippen molar-refractivity contribution in [1.29, 1.82) is 0 Å². The van der Waals surface area contributed by atoms with Gasteiger partial charge < -0.3 is 10.7 Å². The van der Waals surface area contributed by atoms with E-state index < -0.39 is 0 Å². The molecule has 0 unspecified atom stereocenters. The van der Waals surface area contributed by atoms with E-state index in [1.54, 1.807) is 6.07 Å². The number of benzene rings is 1. The Bertz CT molecular complexity index is 495. The SMILES string of the molecule is CCc1ccc(CNc2cc(NN)ncn2)cc1.